The fourth-order valence-electron chi connectivity index (χ4n) is 8.78. The number of aromatic nitrogens is 5. The summed E-state index contributed by atoms with van der Waals surface area (Å²) in [5, 5.41) is 10.1. The van der Waals surface area contributed by atoms with E-state index in [1.807, 2.05) is 13.0 Å². The highest BCUT2D eigenvalue weighted by Crippen LogP contribution is 2.49. The third-order valence-corrected chi connectivity index (χ3v) is 12.3. The molecule has 1 N–H and O–H groups in total. The van der Waals surface area contributed by atoms with E-state index in [0.717, 1.165) is 104 Å². The van der Waals surface area contributed by atoms with Crippen molar-refractivity contribution in [3.8, 4) is 22.5 Å². The molecular weight excluding hydrogens is 637 g/mol. The molecule has 0 unspecified atom stereocenters. The van der Waals surface area contributed by atoms with Gasteiger partial charge in [-0.3, -0.25) is 24.6 Å². The molecule has 1 saturated carbocycles. The van der Waals surface area contributed by atoms with Crippen molar-refractivity contribution in [1.82, 2.24) is 29.8 Å². The van der Waals surface area contributed by atoms with Gasteiger partial charge in [0.25, 0.3) is 0 Å². The lowest BCUT2D eigenvalue weighted by atomic mass is 9.63. The average molecular weight is 687 g/mol. The molecule has 266 valence electrons. The minimum absolute atomic E-state index is 0.0267. The van der Waals surface area contributed by atoms with Gasteiger partial charge in [0, 0.05) is 68.1 Å². The first-order valence-corrected chi connectivity index (χ1v) is 18.8. The molecule has 0 radical (unpaired) electrons. The van der Waals surface area contributed by atoms with E-state index in [-0.39, 0.29) is 11.8 Å². The number of carboxylic acid groups (broad SMARTS) is 1. The number of carbonyl (C=O) groups is 1. The van der Waals surface area contributed by atoms with Gasteiger partial charge in [-0.05, 0) is 98.5 Å². The second-order valence-corrected chi connectivity index (χ2v) is 16.2. The molecule has 3 aromatic heterocycles. The first-order valence-electron chi connectivity index (χ1n) is 18.8. The van der Waals surface area contributed by atoms with Gasteiger partial charge in [-0.1, -0.05) is 38.5 Å². The molecule has 51 heavy (non-hydrogen) atoms. The van der Waals surface area contributed by atoms with Gasteiger partial charge in [0.15, 0.2) is 0 Å². The third-order valence-electron chi connectivity index (χ3n) is 12.3. The molecule has 3 fully saturated rings. The highest BCUT2D eigenvalue weighted by molar-refractivity contribution is 5.87. The smallest absolute Gasteiger partial charge is 0.307 e. The maximum absolute atomic E-state index is 12.4. The fourth-order valence-corrected chi connectivity index (χ4v) is 8.78. The van der Waals surface area contributed by atoms with Crippen LogP contribution in [0.1, 0.15) is 86.9 Å². The van der Waals surface area contributed by atoms with Crippen molar-refractivity contribution in [2.24, 2.45) is 10.8 Å². The average Bonchev–Trinajstić information content (AvgIpc) is 3.12. The molecule has 0 amide bonds. The van der Waals surface area contributed by atoms with Crippen molar-refractivity contribution < 1.29 is 9.90 Å². The quantitative estimate of drug-likeness (QED) is 0.210. The summed E-state index contributed by atoms with van der Waals surface area (Å²) < 4.78 is 0. The summed E-state index contributed by atoms with van der Waals surface area (Å²) in [7, 11) is 0. The first kappa shape index (κ1) is 33.7. The summed E-state index contributed by atoms with van der Waals surface area (Å²) in [5.41, 5.74) is 11.1. The zero-order chi connectivity index (χ0) is 35.2. The number of rotatable bonds is 8. The van der Waals surface area contributed by atoms with Crippen molar-refractivity contribution in [2.75, 3.05) is 42.5 Å². The predicted molar refractivity (Wildman–Crippen MR) is 200 cm³/mol. The second kappa shape index (κ2) is 13.6. The molecule has 6 heterocycles. The van der Waals surface area contributed by atoms with Crippen molar-refractivity contribution >= 4 is 17.6 Å². The number of piperidine rings is 2. The summed E-state index contributed by atoms with van der Waals surface area (Å²) in [6, 6.07) is 8.74. The number of likely N-dealkylation sites (tertiary alicyclic amines) is 1. The summed E-state index contributed by atoms with van der Waals surface area (Å²) >= 11 is 0. The van der Waals surface area contributed by atoms with Gasteiger partial charge in [-0.15, -0.1) is 0 Å². The van der Waals surface area contributed by atoms with E-state index in [1.54, 1.807) is 24.8 Å². The van der Waals surface area contributed by atoms with Crippen LogP contribution in [0.3, 0.4) is 0 Å². The molecule has 10 heteroatoms. The Morgan fingerprint density at radius 3 is 2.35 bits per heavy atom. The van der Waals surface area contributed by atoms with E-state index in [0.29, 0.717) is 17.9 Å². The van der Waals surface area contributed by atoms with Crippen molar-refractivity contribution in [3.63, 3.8) is 0 Å². The molecule has 0 bridgehead atoms. The minimum Gasteiger partial charge on any atom is -0.481 e. The number of hydrogen-bond donors (Lipinski definition) is 1. The number of carboxylic acids is 1. The summed E-state index contributed by atoms with van der Waals surface area (Å²) in [5.74, 6) is -0.119. The molecule has 8 rings (SSSR count). The van der Waals surface area contributed by atoms with Crippen LogP contribution in [0.25, 0.3) is 22.5 Å². The van der Waals surface area contributed by atoms with Crippen LogP contribution in [-0.2, 0) is 30.7 Å². The number of nitrogens with zero attached hydrogens (tertiary/aromatic N) is 8. The molecule has 4 aliphatic rings. The normalized spacial score (nSPS) is 19.8. The lowest BCUT2D eigenvalue weighted by Gasteiger charge is -2.48. The number of benzene rings is 1. The Bertz CT molecular complexity index is 1900. The zero-order valence-corrected chi connectivity index (χ0v) is 30.4. The Morgan fingerprint density at radius 2 is 1.65 bits per heavy atom. The second-order valence-electron chi connectivity index (χ2n) is 16.2. The number of fused-ring (bicyclic) bond motifs is 1. The maximum Gasteiger partial charge on any atom is 0.307 e. The number of aryl methyl sites for hydroxylation is 1. The van der Waals surface area contributed by atoms with Crippen molar-refractivity contribution in [3.05, 3.63) is 77.1 Å². The Morgan fingerprint density at radius 1 is 0.843 bits per heavy atom. The minimum atomic E-state index is -0.810. The van der Waals surface area contributed by atoms with E-state index >= 15 is 0 Å². The molecule has 1 aromatic carbocycles. The number of aliphatic carboxylic acids is 1. The van der Waals surface area contributed by atoms with Crippen LogP contribution in [0.4, 0.5) is 11.6 Å². The molecule has 4 aromatic rings. The van der Waals surface area contributed by atoms with E-state index in [1.165, 1.54) is 43.2 Å². The lowest BCUT2D eigenvalue weighted by molar-refractivity contribution is -0.136. The predicted octanol–water partition coefficient (Wildman–Crippen LogP) is 6.89. The van der Waals surface area contributed by atoms with Crippen LogP contribution in [0, 0.1) is 17.8 Å². The van der Waals surface area contributed by atoms with Crippen LogP contribution >= 0.6 is 0 Å². The van der Waals surface area contributed by atoms with Crippen molar-refractivity contribution in [1.29, 1.82) is 0 Å². The summed E-state index contributed by atoms with van der Waals surface area (Å²) in [6.45, 7) is 13.0. The van der Waals surface area contributed by atoms with Crippen LogP contribution in [0.2, 0.25) is 0 Å². The van der Waals surface area contributed by atoms with Gasteiger partial charge >= 0.3 is 5.97 Å². The number of pyridine rings is 1. The summed E-state index contributed by atoms with van der Waals surface area (Å²) in [6.07, 6.45) is 16.5. The number of hydrogen-bond acceptors (Lipinski definition) is 9. The van der Waals surface area contributed by atoms with E-state index in [4.69, 9.17) is 9.97 Å². The molecular formula is C41H50N8O2. The fraction of sp³-hybridized carbons (Fsp3) is 0.512. The first-order chi connectivity index (χ1) is 24.7. The van der Waals surface area contributed by atoms with Gasteiger partial charge < -0.3 is 14.9 Å². The lowest BCUT2D eigenvalue weighted by Crippen LogP contribution is -2.43. The Labute approximate surface area is 301 Å². The van der Waals surface area contributed by atoms with E-state index in [2.05, 4.69) is 61.7 Å². The molecule has 1 aliphatic carbocycles. The van der Waals surface area contributed by atoms with Gasteiger partial charge in [0.2, 0.25) is 5.95 Å². The van der Waals surface area contributed by atoms with E-state index in [9.17, 15) is 9.90 Å². The highest BCUT2D eigenvalue weighted by atomic mass is 16.4. The largest absolute Gasteiger partial charge is 0.481 e. The Balaban J connectivity index is 1.16. The maximum atomic E-state index is 12.4. The zero-order valence-electron chi connectivity index (χ0n) is 30.4. The summed E-state index contributed by atoms with van der Waals surface area (Å²) in [4.78, 5) is 43.1. The molecule has 3 aliphatic heterocycles. The molecule has 0 atom stereocenters. The van der Waals surface area contributed by atoms with Gasteiger partial charge in [-0.2, -0.15) is 0 Å². The van der Waals surface area contributed by atoms with Gasteiger partial charge in [0.05, 0.1) is 29.7 Å². The standard InChI is InChI=1S/C41H50N8O2/c1-28-32(24-36(50)51)38(48-21-11-40(2,3)12-22-48)37(35(45-28)27-47-19-13-41(14-20-47)9-4-10-41)30-5-6-31-26-49(18-8-29(31)23-30)39-44-15-7-33(46-39)34-25-42-16-17-43-34/h5-7,15-17,23,25H,4,8-14,18-22,24,26-27H2,1-3H3,(H,50,51). The van der Waals surface area contributed by atoms with E-state index < -0.39 is 5.97 Å². The van der Waals surface area contributed by atoms with Gasteiger partial charge in [0.1, 0.15) is 5.69 Å². The highest BCUT2D eigenvalue weighted by Gasteiger charge is 2.40. The van der Waals surface area contributed by atoms with Crippen LogP contribution in [0.15, 0.2) is 49.1 Å². The van der Waals surface area contributed by atoms with Gasteiger partial charge in [-0.25, -0.2) is 9.97 Å². The molecule has 2 saturated heterocycles. The van der Waals surface area contributed by atoms with Crippen LogP contribution < -0.4 is 9.80 Å². The Kier molecular flexibility index (Phi) is 8.98. The monoisotopic (exact) mass is 686 g/mol. The Hall–Kier alpha value is -4.44. The topological polar surface area (TPSA) is 111 Å². The SMILES string of the molecule is Cc1nc(CN2CCC3(CCC3)CC2)c(-c2ccc3c(c2)CCN(c2nccc(-c4cnccn4)n2)C3)c(N2CCC(C)(C)CC2)c1CC(=O)O. The van der Waals surface area contributed by atoms with Crippen molar-refractivity contribution in [2.45, 2.75) is 91.6 Å². The van der Waals surface area contributed by atoms with Crippen LogP contribution in [0.5, 0.6) is 0 Å². The number of anilines is 2. The molecule has 1 spiro atoms. The third kappa shape index (κ3) is 6.95. The molecule has 10 nitrogen and oxygen atoms in total. The van der Waals surface area contributed by atoms with Crippen LogP contribution in [-0.4, -0.2) is 73.6 Å².